The van der Waals surface area contributed by atoms with Crippen molar-refractivity contribution in [2.45, 2.75) is 25.4 Å². The molecule has 2 amide bonds. The van der Waals surface area contributed by atoms with E-state index in [2.05, 4.69) is 25.6 Å². The normalized spacial score (nSPS) is 11.1. The molecule has 0 unspecified atom stereocenters. The van der Waals surface area contributed by atoms with Gasteiger partial charge in [-0.25, -0.2) is 4.79 Å². The minimum absolute atomic E-state index is 0.0301. The van der Waals surface area contributed by atoms with Gasteiger partial charge in [0.2, 0.25) is 0 Å². The molecule has 0 aliphatic heterocycles. The van der Waals surface area contributed by atoms with E-state index >= 15 is 0 Å². The summed E-state index contributed by atoms with van der Waals surface area (Å²) in [7, 11) is 1.35. The van der Waals surface area contributed by atoms with Crippen molar-refractivity contribution in [1.82, 2.24) is 10.2 Å². The van der Waals surface area contributed by atoms with Gasteiger partial charge in [0, 0.05) is 29.8 Å². The maximum absolute atomic E-state index is 12.8. The van der Waals surface area contributed by atoms with Gasteiger partial charge >= 0.3 is 18.2 Å². The molecule has 0 aliphatic rings. The first-order valence-corrected chi connectivity index (χ1v) is 10.3. The fraction of sp³-hybridized carbons (Fsp3) is 0.238. The Bertz CT molecular complexity index is 1080. The third-order valence-corrected chi connectivity index (χ3v) is 5.34. The summed E-state index contributed by atoms with van der Waals surface area (Å²) < 4.78 is 43.0. The van der Waals surface area contributed by atoms with Gasteiger partial charge in [-0.3, -0.25) is 4.79 Å². The van der Waals surface area contributed by atoms with Crippen molar-refractivity contribution in [2.75, 3.05) is 17.7 Å². The van der Waals surface area contributed by atoms with Crippen LogP contribution < -0.4 is 10.6 Å². The molecule has 7 nitrogen and oxygen atoms in total. The summed E-state index contributed by atoms with van der Waals surface area (Å²) in [6.07, 6.45) is -2.95. The molecule has 0 fully saturated rings. The molecule has 11 heteroatoms. The van der Waals surface area contributed by atoms with Crippen LogP contribution in [0, 0.1) is 0 Å². The molecule has 3 aromatic rings. The molecule has 0 aliphatic carbocycles. The molecule has 2 aromatic carbocycles. The molecule has 1 aromatic heterocycles. The van der Waals surface area contributed by atoms with Crippen LogP contribution in [0.3, 0.4) is 0 Å². The number of amides is 2. The van der Waals surface area contributed by atoms with Crippen molar-refractivity contribution in [2.24, 2.45) is 0 Å². The van der Waals surface area contributed by atoms with E-state index < -0.39 is 17.8 Å². The first-order valence-electron chi connectivity index (χ1n) is 9.49. The van der Waals surface area contributed by atoms with Crippen LogP contribution in [0.2, 0.25) is 0 Å². The van der Waals surface area contributed by atoms with E-state index in [0.29, 0.717) is 30.0 Å². The second-order valence-electron chi connectivity index (χ2n) is 6.67. The van der Waals surface area contributed by atoms with Crippen LogP contribution in [0.15, 0.2) is 48.5 Å². The van der Waals surface area contributed by atoms with Gasteiger partial charge in [-0.05, 0) is 48.9 Å². The number of carbonyl (C=O) groups excluding carboxylic acids is 2. The average Bonchev–Trinajstić information content (AvgIpc) is 3.22. The Morgan fingerprint density at radius 2 is 1.75 bits per heavy atom. The number of carbonyl (C=O) groups is 2. The van der Waals surface area contributed by atoms with Crippen molar-refractivity contribution < 1.29 is 27.5 Å². The molecule has 0 saturated carbocycles. The van der Waals surface area contributed by atoms with Crippen LogP contribution in [0.1, 0.15) is 23.4 Å². The standard InChI is InChI=1S/C21H19F3N4O3S/c1-31-18(29)7-3-6-17-27-28-19(32-17)13-8-10-15(11-9-13)25-20(30)26-16-5-2-4-14(12-16)21(22,23)24/h2,4-5,8-12H,3,6-7H2,1H3,(H2,25,26,30). The number of aryl methyl sites for hydroxylation is 1. The van der Waals surface area contributed by atoms with Gasteiger partial charge in [-0.1, -0.05) is 17.4 Å². The minimum atomic E-state index is -4.49. The summed E-state index contributed by atoms with van der Waals surface area (Å²) in [6.45, 7) is 0. The SMILES string of the molecule is COC(=O)CCCc1nnc(-c2ccc(NC(=O)Nc3cccc(C(F)(F)F)c3)cc2)s1. The smallest absolute Gasteiger partial charge is 0.416 e. The fourth-order valence-electron chi connectivity index (χ4n) is 2.72. The second-order valence-corrected chi connectivity index (χ2v) is 7.73. The van der Waals surface area contributed by atoms with Crippen LogP contribution in [0.25, 0.3) is 10.6 Å². The van der Waals surface area contributed by atoms with Gasteiger partial charge in [-0.15, -0.1) is 10.2 Å². The number of benzene rings is 2. The number of hydrogen-bond acceptors (Lipinski definition) is 6. The first kappa shape index (κ1) is 23.2. The number of esters is 1. The second kappa shape index (κ2) is 10.2. The average molecular weight is 464 g/mol. The molecule has 0 spiro atoms. The molecular weight excluding hydrogens is 445 g/mol. The summed E-state index contributed by atoms with van der Waals surface area (Å²) in [5.74, 6) is -0.269. The molecule has 2 N–H and O–H groups in total. The number of hydrogen-bond donors (Lipinski definition) is 2. The maximum Gasteiger partial charge on any atom is 0.416 e. The van der Waals surface area contributed by atoms with E-state index in [9.17, 15) is 22.8 Å². The number of rotatable bonds is 7. The van der Waals surface area contributed by atoms with E-state index in [1.165, 1.54) is 30.6 Å². The minimum Gasteiger partial charge on any atom is -0.469 e. The van der Waals surface area contributed by atoms with Crippen LogP contribution in [-0.2, 0) is 22.1 Å². The predicted octanol–water partition coefficient (Wildman–Crippen LogP) is 5.36. The van der Waals surface area contributed by atoms with E-state index in [1.54, 1.807) is 24.3 Å². The highest BCUT2D eigenvalue weighted by Gasteiger charge is 2.30. The van der Waals surface area contributed by atoms with E-state index in [0.717, 1.165) is 22.7 Å². The number of nitrogens with zero attached hydrogens (tertiary/aromatic N) is 2. The molecule has 1 heterocycles. The van der Waals surface area contributed by atoms with Gasteiger partial charge in [0.05, 0.1) is 12.7 Å². The third kappa shape index (κ3) is 6.51. The number of nitrogens with one attached hydrogen (secondary N) is 2. The van der Waals surface area contributed by atoms with Gasteiger partial charge in [-0.2, -0.15) is 13.2 Å². The largest absolute Gasteiger partial charge is 0.469 e. The summed E-state index contributed by atoms with van der Waals surface area (Å²) >= 11 is 1.40. The zero-order valence-electron chi connectivity index (χ0n) is 16.9. The molecule has 3 rings (SSSR count). The van der Waals surface area contributed by atoms with Crippen LogP contribution in [0.4, 0.5) is 29.3 Å². The van der Waals surface area contributed by atoms with Gasteiger partial charge < -0.3 is 15.4 Å². The zero-order chi connectivity index (χ0) is 23.1. The Hall–Kier alpha value is -3.47. The van der Waals surface area contributed by atoms with E-state index in [1.807, 2.05) is 0 Å². The van der Waals surface area contributed by atoms with Crippen molar-refractivity contribution in [1.29, 1.82) is 0 Å². The maximum atomic E-state index is 12.8. The van der Waals surface area contributed by atoms with Gasteiger partial charge in [0.15, 0.2) is 0 Å². The first-order chi connectivity index (χ1) is 15.2. The highest BCUT2D eigenvalue weighted by molar-refractivity contribution is 7.14. The third-order valence-electron chi connectivity index (χ3n) is 4.30. The van der Waals surface area contributed by atoms with Gasteiger partial charge in [0.25, 0.3) is 0 Å². The predicted molar refractivity (Wildman–Crippen MR) is 114 cm³/mol. The van der Waals surface area contributed by atoms with Crippen molar-refractivity contribution >= 4 is 34.7 Å². The Kier molecular flexibility index (Phi) is 7.41. The number of aromatic nitrogens is 2. The molecule has 0 bridgehead atoms. The molecule has 0 atom stereocenters. The highest BCUT2D eigenvalue weighted by Crippen LogP contribution is 2.31. The monoisotopic (exact) mass is 464 g/mol. The molecule has 0 saturated heterocycles. The summed E-state index contributed by atoms with van der Waals surface area (Å²) in [5.41, 5.74) is 0.440. The molecular formula is C21H19F3N4O3S. The Morgan fingerprint density at radius 1 is 1.03 bits per heavy atom. The number of alkyl halides is 3. The summed E-state index contributed by atoms with van der Waals surface area (Å²) in [5, 5.41) is 14.7. The molecule has 168 valence electrons. The van der Waals surface area contributed by atoms with E-state index in [4.69, 9.17) is 0 Å². The van der Waals surface area contributed by atoms with Crippen LogP contribution >= 0.6 is 11.3 Å². The Balaban J connectivity index is 1.56. The number of anilines is 2. The van der Waals surface area contributed by atoms with E-state index in [-0.39, 0.29) is 11.7 Å². The Morgan fingerprint density at radius 3 is 2.44 bits per heavy atom. The van der Waals surface area contributed by atoms with Gasteiger partial charge in [0.1, 0.15) is 10.0 Å². The quantitative estimate of drug-likeness (QED) is 0.459. The number of methoxy groups -OCH3 is 1. The topological polar surface area (TPSA) is 93.2 Å². The number of urea groups is 1. The molecule has 32 heavy (non-hydrogen) atoms. The van der Waals surface area contributed by atoms with Crippen molar-refractivity contribution in [3.05, 3.63) is 59.1 Å². The van der Waals surface area contributed by atoms with Crippen LogP contribution in [-0.4, -0.2) is 29.3 Å². The number of halogens is 3. The zero-order valence-corrected chi connectivity index (χ0v) is 17.7. The molecule has 0 radical (unpaired) electrons. The lowest BCUT2D eigenvalue weighted by Gasteiger charge is -2.11. The summed E-state index contributed by atoms with van der Waals surface area (Å²) in [4.78, 5) is 23.3. The van der Waals surface area contributed by atoms with Crippen molar-refractivity contribution in [3.63, 3.8) is 0 Å². The lowest BCUT2D eigenvalue weighted by atomic mass is 10.2. The summed E-state index contributed by atoms with van der Waals surface area (Å²) in [6, 6.07) is 10.5. The lowest BCUT2D eigenvalue weighted by molar-refractivity contribution is -0.140. The lowest BCUT2D eigenvalue weighted by Crippen LogP contribution is -2.19. The fourth-order valence-corrected chi connectivity index (χ4v) is 3.61. The van der Waals surface area contributed by atoms with Crippen LogP contribution in [0.5, 0.6) is 0 Å². The Labute approximate surface area is 185 Å². The highest BCUT2D eigenvalue weighted by atomic mass is 32.1. The van der Waals surface area contributed by atoms with Crippen molar-refractivity contribution in [3.8, 4) is 10.6 Å². The number of ether oxygens (including phenoxy) is 1.